The van der Waals surface area contributed by atoms with Gasteiger partial charge in [0.1, 0.15) is 0 Å². The van der Waals surface area contributed by atoms with Gasteiger partial charge >= 0.3 is 0 Å². The van der Waals surface area contributed by atoms with Crippen LogP contribution in [-0.2, 0) is 7.05 Å². The van der Waals surface area contributed by atoms with E-state index in [1.165, 1.54) is 0 Å². The zero-order valence-electron chi connectivity index (χ0n) is 5.15. The van der Waals surface area contributed by atoms with Gasteiger partial charge in [-0.15, -0.1) is 0 Å². The van der Waals surface area contributed by atoms with Crippen molar-refractivity contribution in [1.82, 2.24) is 9.55 Å². The van der Waals surface area contributed by atoms with Gasteiger partial charge in [-0.05, 0) is 0 Å². The molecule has 0 aliphatic carbocycles. The number of nitrogens with zero attached hydrogens (tertiary/aromatic N) is 3. The molecule has 4 nitrogen and oxygen atoms in total. The molecule has 1 rings (SSSR count). The predicted molar refractivity (Wildman–Crippen MR) is 35.0 cm³/mol. The van der Waals surface area contributed by atoms with Crippen LogP contribution in [0.4, 0.5) is 0 Å². The second-order valence-electron chi connectivity index (χ2n) is 1.71. The molecule has 0 aromatic carbocycles. The fourth-order valence-electron chi connectivity index (χ4n) is 0.568. The van der Waals surface area contributed by atoms with Crippen LogP contribution in [0.3, 0.4) is 0 Å². The monoisotopic (exact) mass is 124 g/mol. The van der Waals surface area contributed by atoms with Crippen molar-refractivity contribution in [3.8, 4) is 0 Å². The summed E-state index contributed by atoms with van der Waals surface area (Å²) in [6, 6.07) is 0. The minimum absolute atomic E-state index is 0.900. The molecule has 1 heterocycles. The number of nitrogens with two attached hydrogens (primary N) is 1. The summed E-state index contributed by atoms with van der Waals surface area (Å²) >= 11 is 0. The van der Waals surface area contributed by atoms with Crippen molar-refractivity contribution in [2.24, 2.45) is 18.0 Å². The summed E-state index contributed by atoms with van der Waals surface area (Å²) in [5, 5.41) is 3.35. The van der Waals surface area contributed by atoms with Gasteiger partial charge in [0.15, 0.2) is 0 Å². The number of hydrazone groups is 1. The van der Waals surface area contributed by atoms with E-state index in [9.17, 15) is 0 Å². The molecule has 0 unspecified atom stereocenters. The Balaban J connectivity index is 2.94. The number of hydrogen-bond acceptors (Lipinski definition) is 3. The highest BCUT2D eigenvalue weighted by Crippen LogP contribution is 1.89. The summed E-state index contributed by atoms with van der Waals surface area (Å²) in [6.07, 6.45) is 4.93. The van der Waals surface area contributed by atoms with Crippen LogP contribution >= 0.6 is 0 Å². The third-order valence-corrected chi connectivity index (χ3v) is 1.06. The summed E-state index contributed by atoms with van der Waals surface area (Å²) in [5.41, 5.74) is 0.900. The molecule has 0 radical (unpaired) electrons. The Labute approximate surface area is 53.0 Å². The first kappa shape index (κ1) is 5.81. The van der Waals surface area contributed by atoms with Crippen molar-refractivity contribution in [3.05, 3.63) is 18.2 Å². The normalized spacial score (nSPS) is 10.8. The Kier molecular flexibility index (Phi) is 1.48. The molecule has 4 heteroatoms. The van der Waals surface area contributed by atoms with Crippen LogP contribution in [0, 0.1) is 0 Å². The molecule has 0 spiro atoms. The van der Waals surface area contributed by atoms with E-state index in [1.54, 1.807) is 18.7 Å². The Morgan fingerprint density at radius 3 is 3.11 bits per heavy atom. The fraction of sp³-hybridized carbons (Fsp3) is 0.200. The Morgan fingerprint density at radius 2 is 2.67 bits per heavy atom. The van der Waals surface area contributed by atoms with E-state index in [-0.39, 0.29) is 0 Å². The van der Waals surface area contributed by atoms with Crippen LogP contribution < -0.4 is 5.84 Å². The van der Waals surface area contributed by atoms with Crippen molar-refractivity contribution in [2.75, 3.05) is 0 Å². The van der Waals surface area contributed by atoms with Gasteiger partial charge < -0.3 is 10.4 Å². The van der Waals surface area contributed by atoms with Gasteiger partial charge in [-0.1, -0.05) is 0 Å². The second-order valence-corrected chi connectivity index (χ2v) is 1.71. The third-order valence-electron chi connectivity index (χ3n) is 1.06. The lowest BCUT2D eigenvalue weighted by Crippen LogP contribution is -1.94. The van der Waals surface area contributed by atoms with Gasteiger partial charge in [0.25, 0.3) is 0 Å². The van der Waals surface area contributed by atoms with Crippen molar-refractivity contribution >= 4 is 6.21 Å². The van der Waals surface area contributed by atoms with Crippen LogP contribution in [0.2, 0.25) is 0 Å². The summed E-state index contributed by atoms with van der Waals surface area (Å²) < 4.78 is 1.83. The molecular weight excluding hydrogens is 116 g/mol. The maximum atomic E-state index is 4.92. The lowest BCUT2D eigenvalue weighted by atomic mass is 10.5. The largest absolute Gasteiger partial charge is 0.333 e. The fourth-order valence-corrected chi connectivity index (χ4v) is 0.568. The van der Waals surface area contributed by atoms with Crippen LogP contribution in [0.15, 0.2) is 17.6 Å². The van der Waals surface area contributed by atoms with Crippen molar-refractivity contribution in [2.45, 2.75) is 0 Å². The van der Waals surface area contributed by atoms with E-state index in [1.807, 2.05) is 11.6 Å². The van der Waals surface area contributed by atoms with E-state index < -0.39 is 0 Å². The highest BCUT2D eigenvalue weighted by atomic mass is 15.1. The zero-order chi connectivity index (χ0) is 6.69. The maximum Gasteiger partial charge on any atom is 0.0948 e. The standard InChI is InChI=1S/C5H8N4/c1-9-4-7-2-5(9)3-8-6/h2-4H,6H2,1H3/b8-3+. The van der Waals surface area contributed by atoms with E-state index in [2.05, 4.69) is 10.1 Å². The average Bonchev–Trinajstić information content (AvgIpc) is 2.18. The van der Waals surface area contributed by atoms with Gasteiger partial charge in [0, 0.05) is 7.05 Å². The average molecular weight is 124 g/mol. The van der Waals surface area contributed by atoms with Gasteiger partial charge in [-0.25, -0.2) is 4.98 Å². The first-order valence-corrected chi connectivity index (χ1v) is 2.54. The van der Waals surface area contributed by atoms with Crippen LogP contribution in [-0.4, -0.2) is 15.8 Å². The Hall–Kier alpha value is -1.32. The third kappa shape index (κ3) is 1.07. The molecule has 0 fully saturated rings. The first-order valence-electron chi connectivity index (χ1n) is 2.54. The molecule has 1 aromatic rings. The van der Waals surface area contributed by atoms with E-state index in [0.29, 0.717) is 0 Å². The molecule has 0 atom stereocenters. The maximum absolute atomic E-state index is 4.92. The minimum atomic E-state index is 0.900. The molecular formula is C5H8N4. The Bertz CT molecular complexity index is 212. The number of hydrogen-bond donors (Lipinski definition) is 1. The molecule has 0 amide bonds. The van der Waals surface area contributed by atoms with Gasteiger partial charge in [-0.3, -0.25) is 0 Å². The van der Waals surface area contributed by atoms with Crippen LogP contribution in [0.1, 0.15) is 5.69 Å². The van der Waals surface area contributed by atoms with Gasteiger partial charge in [-0.2, -0.15) is 5.10 Å². The topological polar surface area (TPSA) is 56.2 Å². The SMILES string of the molecule is Cn1cncc1/C=N/N. The molecule has 0 bridgehead atoms. The van der Waals surface area contributed by atoms with E-state index in [4.69, 9.17) is 5.84 Å². The molecule has 0 aliphatic heterocycles. The van der Waals surface area contributed by atoms with Crippen molar-refractivity contribution < 1.29 is 0 Å². The first-order chi connectivity index (χ1) is 4.34. The van der Waals surface area contributed by atoms with Crippen molar-refractivity contribution in [1.29, 1.82) is 0 Å². The van der Waals surface area contributed by atoms with E-state index in [0.717, 1.165) is 5.69 Å². The van der Waals surface area contributed by atoms with E-state index >= 15 is 0 Å². The van der Waals surface area contributed by atoms with Crippen LogP contribution in [0.25, 0.3) is 0 Å². The highest BCUT2D eigenvalue weighted by Gasteiger charge is 1.89. The molecule has 9 heavy (non-hydrogen) atoms. The zero-order valence-corrected chi connectivity index (χ0v) is 5.15. The number of imidazole rings is 1. The number of aromatic nitrogens is 2. The predicted octanol–water partition coefficient (Wildman–Crippen LogP) is -0.287. The summed E-state index contributed by atoms with van der Waals surface area (Å²) in [6.45, 7) is 0. The molecule has 1 aromatic heterocycles. The van der Waals surface area contributed by atoms with Gasteiger partial charge in [0.2, 0.25) is 0 Å². The molecule has 0 saturated heterocycles. The number of rotatable bonds is 1. The highest BCUT2D eigenvalue weighted by molar-refractivity contribution is 5.76. The minimum Gasteiger partial charge on any atom is -0.333 e. The summed E-state index contributed by atoms with van der Waals surface area (Å²) in [5.74, 6) is 4.92. The van der Waals surface area contributed by atoms with Crippen LogP contribution in [0.5, 0.6) is 0 Å². The smallest absolute Gasteiger partial charge is 0.0948 e. The van der Waals surface area contributed by atoms with Crippen molar-refractivity contribution in [3.63, 3.8) is 0 Å². The van der Waals surface area contributed by atoms with Gasteiger partial charge in [0.05, 0.1) is 24.4 Å². The lowest BCUT2D eigenvalue weighted by molar-refractivity contribution is 0.904. The quantitative estimate of drug-likeness (QED) is 0.318. The molecule has 48 valence electrons. The number of aryl methyl sites for hydroxylation is 1. The summed E-state index contributed by atoms with van der Waals surface area (Å²) in [4.78, 5) is 3.86. The second kappa shape index (κ2) is 2.30. The molecule has 0 saturated carbocycles. The summed E-state index contributed by atoms with van der Waals surface area (Å²) in [7, 11) is 1.88. The Morgan fingerprint density at radius 1 is 1.89 bits per heavy atom. The molecule has 0 aliphatic rings. The molecule has 2 N–H and O–H groups in total. The lowest BCUT2D eigenvalue weighted by Gasteiger charge is -1.89.